The maximum Gasteiger partial charge on any atom is 0.239 e. The summed E-state index contributed by atoms with van der Waals surface area (Å²) in [5.41, 5.74) is 0.622. The third kappa shape index (κ3) is 3.81. The molecule has 0 spiro atoms. The summed E-state index contributed by atoms with van der Waals surface area (Å²) < 4.78 is 33.5. The number of hydrogen-bond acceptors (Lipinski definition) is 7. The van der Waals surface area contributed by atoms with Crippen LogP contribution in [0.25, 0.3) is 22.3 Å². The second-order valence-corrected chi connectivity index (χ2v) is 6.02. The van der Waals surface area contributed by atoms with Crippen LogP contribution < -0.4 is 29.1 Å². The summed E-state index contributed by atoms with van der Waals surface area (Å²) in [5.74, 6) is 2.38. The molecule has 0 saturated heterocycles. The smallest absolute Gasteiger partial charge is 0.239 e. The van der Waals surface area contributed by atoms with Crippen molar-refractivity contribution in [1.29, 1.82) is 0 Å². The van der Waals surface area contributed by atoms with Gasteiger partial charge in [0.05, 0.1) is 34.5 Å². The number of fused-ring (bicyclic) bond motifs is 1. The second-order valence-electron chi connectivity index (χ2n) is 6.02. The minimum absolute atomic E-state index is 0.0798. The quantitative estimate of drug-likeness (QED) is 0.558. The summed E-state index contributed by atoms with van der Waals surface area (Å²) in [6, 6.07) is 8.58. The molecular formula is C22H24O7. The summed E-state index contributed by atoms with van der Waals surface area (Å²) in [6.45, 7) is 4.57. The average Bonchev–Trinajstić information content (AvgIpc) is 2.73. The van der Waals surface area contributed by atoms with E-state index in [2.05, 4.69) is 0 Å². The zero-order chi connectivity index (χ0) is 21.0. The molecule has 1 heterocycles. The Morgan fingerprint density at radius 1 is 0.828 bits per heavy atom. The number of methoxy groups -OCH3 is 3. The lowest BCUT2D eigenvalue weighted by Gasteiger charge is -2.14. The molecule has 2 aromatic carbocycles. The van der Waals surface area contributed by atoms with E-state index in [1.165, 1.54) is 14.2 Å². The summed E-state index contributed by atoms with van der Waals surface area (Å²) in [5, 5.41) is 0.298. The van der Waals surface area contributed by atoms with Gasteiger partial charge in [0.1, 0.15) is 22.5 Å². The first-order chi connectivity index (χ1) is 14.1. The Labute approximate surface area is 168 Å². The normalized spacial score (nSPS) is 10.7. The maximum atomic E-state index is 13.2. The lowest BCUT2D eigenvalue weighted by atomic mass is 10.1. The minimum Gasteiger partial charge on any atom is -0.496 e. The van der Waals surface area contributed by atoms with Gasteiger partial charge in [-0.25, -0.2) is 0 Å². The predicted octanol–water partition coefficient (Wildman–Crippen LogP) is 4.28. The Kier molecular flexibility index (Phi) is 6.16. The van der Waals surface area contributed by atoms with Crippen molar-refractivity contribution >= 4 is 11.0 Å². The van der Waals surface area contributed by atoms with Crippen LogP contribution in [0.2, 0.25) is 0 Å². The van der Waals surface area contributed by atoms with Crippen molar-refractivity contribution in [1.82, 2.24) is 0 Å². The van der Waals surface area contributed by atoms with Crippen LogP contribution >= 0.6 is 0 Å². The van der Waals surface area contributed by atoms with E-state index in [1.807, 2.05) is 13.8 Å². The molecule has 1 aromatic heterocycles. The van der Waals surface area contributed by atoms with Gasteiger partial charge >= 0.3 is 0 Å². The van der Waals surface area contributed by atoms with E-state index >= 15 is 0 Å². The molecule has 7 heteroatoms. The molecule has 0 unspecified atom stereocenters. The average molecular weight is 400 g/mol. The molecule has 0 atom stereocenters. The third-order valence-electron chi connectivity index (χ3n) is 4.36. The van der Waals surface area contributed by atoms with Crippen LogP contribution in [0.4, 0.5) is 0 Å². The highest BCUT2D eigenvalue weighted by Crippen LogP contribution is 2.39. The molecule has 3 aromatic rings. The van der Waals surface area contributed by atoms with Crippen LogP contribution in [0.3, 0.4) is 0 Å². The molecule has 29 heavy (non-hydrogen) atoms. The van der Waals surface area contributed by atoms with Gasteiger partial charge < -0.3 is 28.1 Å². The van der Waals surface area contributed by atoms with Crippen LogP contribution in [0.1, 0.15) is 13.8 Å². The Morgan fingerprint density at radius 3 is 2.17 bits per heavy atom. The zero-order valence-electron chi connectivity index (χ0n) is 17.2. The molecule has 0 N–H and O–H groups in total. The fraction of sp³-hybridized carbons (Fsp3) is 0.318. The molecule has 0 radical (unpaired) electrons. The van der Waals surface area contributed by atoms with Gasteiger partial charge in [0.2, 0.25) is 11.2 Å². The first-order valence-electron chi connectivity index (χ1n) is 9.24. The fourth-order valence-electron chi connectivity index (χ4n) is 3.09. The molecule has 0 aliphatic carbocycles. The monoisotopic (exact) mass is 400 g/mol. The summed E-state index contributed by atoms with van der Waals surface area (Å²) in [6.07, 6.45) is 0. The van der Waals surface area contributed by atoms with Gasteiger partial charge in [-0.1, -0.05) is 0 Å². The van der Waals surface area contributed by atoms with Crippen LogP contribution in [-0.4, -0.2) is 34.5 Å². The van der Waals surface area contributed by atoms with E-state index in [4.69, 9.17) is 28.1 Å². The Hall–Kier alpha value is -3.35. The van der Waals surface area contributed by atoms with Crippen molar-refractivity contribution in [3.63, 3.8) is 0 Å². The van der Waals surface area contributed by atoms with E-state index in [0.717, 1.165) is 0 Å². The topological polar surface area (TPSA) is 76.4 Å². The summed E-state index contributed by atoms with van der Waals surface area (Å²) in [7, 11) is 4.53. The lowest BCUT2D eigenvalue weighted by molar-refractivity contribution is 0.311. The SMILES string of the molecule is CCOc1cc(-c2oc3cc(OC)cc(OCC)c3c(=O)c2OC)ccc1OC. The largest absolute Gasteiger partial charge is 0.496 e. The van der Waals surface area contributed by atoms with Crippen LogP contribution in [-0.2, 0) is 0 Å². The molecule has 3 rings (SSSR count). The molecule has 0 saturated carbocycles. The van der Waals surface area contributed by atoms with E-state index in [1.54, 1.807) is 37.4 Å². The van der Waals surface area contributed by atoms with Crippen LogP contribution in [0.15, 0.2) is 39.5 Å². The summed E-state index contributed by atoms with van der Waals surface area (Å²) >= 11 is 0. The predicted molar refractivity (Wildman–Crippen MR) is 110 cm³/mol. The zero-order valence-corrected chi connectivity index (χ0v) is 17.2. The Bertz CT molecular complexity index is 1070. The van der Waals surface area contributed by atoms with E-state index < -0.39 is 0 Å². The van der Waals surface area contributed by atoms with Crippen molar-refractivity contribution in [3.8, 4) is 40.1 Å². The van der Waals surface area contributed by atoms with Gasteiger partial charge in [-0.2, -0.15) is 0 Å². The van der Waals surface area contributed by atoms with Gasteiger partial charge in [-0.05, 0) is 32.0 Å². The Morgan fingerprint density at radius 2 is 1.55 bits per heavy atom. The van der Waals surface area contributed by atoms with Crippen molar-refractivity contribution in [2.24, 2.45) is 0 Å². The van der Waals surface area contributed by atoms with Crippen molar-refractivity contribution in [2.45, 2.75) is 13.8 Å². The number of ether oxygens (including phenoxy) is 5. The van der Waals surface area contributed by atoms with Crippen LogP contribution in [0, 0.1) is 0 Å². The molecule has 0 aliphatic heterocycles. The fourth-order valence-corrected chi connectivity index (χ4v) is 3.09. The van der Waals surface area contributed by atoms with Crippen molar-refractivity contribution in [2.75, 3.05) is 34.5 Å². The van der Waals surface area contributed by atoms with E-state index in [9.17, 15) is 4.79 Å². The van der Waals surface area contributed by atoms with Gasteiger partial charge in [-0.15, -0.1) is 0 Å². The van der Waals surface area contributed by atoms with Crippen molar-refractivity contribution in [3.05, 3.63) is 40.6 Å². The number of rotatable bonds is 8. The highest BCUT2D eigenvalue weighted by molar-refractivity contribution is 5.88. The molecule has 0 amide bonds. The molecule has 0 fully saturated rings. The Balaban J connectivity index is 2.31. The second kappa shape index (κ2) is 8.77. The molecular weight excluding hydrogens is 376 g/mol. The minimum atomic E-state index is -0.330. The van der Waals surface area contributed by atoms with Crippen LogP contribution in [0.5, 0.6) is 28.7 Å². The number of benzene rings is 2. The maximum absolute atomic E-state index is 13.2. The lowest BCUT2D eigenvalue weighted by Crippen LogP contribution is -2.10. The summed E-state index contributed by atoms with van der Waals surface area (Å²) in [4.78, 5) is 13.2. The first kappa shape index (κ1) is 20.4. The van der Waals surface area contributed by atoms with E-state index in [0.29, 0.717) is 52.7 Å². The van der Waals surface area contributed by atoms with Gasteiger partial charge in [0.15, 0.2) is 17.3 Å². The third-order valence-corrected chi connectivity index (χ3v) is 4.36. The van der Waals surface area contributed by atoms with Gasteiger partial charge in [-0.3, -0.25) is 4.79 Å². The number of hydrogen-bond donors (Lipinski definition) is 0. The first-order valence-corrected chi connectivity index (χ1v) is 9.24. The molecule has 154 valence electrons. The van der Waals surface area contributed by atoms with Gasteiger partial charge in [0, 0.05) is 17.7 Å². The molecule has 0 aliphatic rings. The molecule has 0 bridgehead atoms. The highest BCUT2D eigenvalue weighted by atomic mass is 16.5. The van der Waals surface area contributed by atoms with E-state index in [-0.39, 0.29) is 16.9 Å². The standard InChI is InChI=1S/C22H24O7/c1-6-27-16-10-13(8-9-15(16)25-4)21-22(26-5)20(23)19-17(28-7-2)11-14(24-3)12-18(19)29-21/h8-12H,6-7H2,1-5H3. The molecule has 7 nitrogen and oxygen atoms in total. The van der Waals surface area contributed by atoms with Gasteiger partial charge in [0.25, 0.3) is 0 Å². The highest BCUT2D eigenvalue weighted by Gasteiger charge is 2.22. The van der Waals surface area contributed by atoms with Crippen molar-refractivity contribution < 1.29 is 28.1 Å².